The third-order valence-corrected chi connectivity index (χ3v) is 9.34. The molecule has 4 nitrogen and oxygen atoms in total. The van der Waals surface area contributed by atoms with Crippen molar-refractivity contribution in [2.75, 3.05) is 6.54 Å². The number of carbonyl (C=O) groups excluding carboxylic acids is 1. The van der Waals surface area contributed by atoms with Gasteiger partial charge in [0.05, 0.1) is 18.2 Å². The van der Waals surface area contributed by atoms with Gasteiger partial charge in [0.2, 0.25) is 0 Å². The van der Waals surface area contributed by atoms with Crippen molar-refractivity contribution in [1.82, 2.24) is 5.32 Å². The van der Waals surface area contributed by atoms with E-state index in [2.05, 4.69) is 19.2 Å². The molecule has 0 aromatic heterocycles. The second-order valence-corrected chi connectivity index (χ2v) is 10.6. The fourth-order valence-corrected chi connectivity index (χ4v) is 7.58. The van der Waals surface area contributed by atoms with Gasteiger partial charge in [-0.25, -0.2) is 8.78 Å². The molecule has 3 saturated carbocycles. The van der Waals surface area contributed by atoms with Crippen molar-refractivity contribution in [3.63, 3.8) is 0 Å². The number of hydrogen-bond acceptors (Lipinski definition) is 4. The van der Waals surface area contributed by atoms with E-state index in [1.165, 1.54) is 0 Å². The van der Waals surface area contributed by atoms with Crippen LogP contribution in [-0.4, -0.2) is 46.7 Å². The first kappa shape index (κ1) is 21.4. The number of hydrogen-bond donors (Lipinski definition) is 3. The Hall–Kier alpha value is -0.850. The summed E-state index contributed by atoms with van der Waals surface area (Å²) in [6.45, 7) is 5.87. The minimum Gasteiger partial charge on any atom is -0.393 e. The lowest BCUT2D eigenvalue weighted by Crippen LogP contribution is -2.60. The number of rotatable bonds is 4. The second kappa shape index (κ2) is 7.10. The Morgan fingerprint density at radius 1 is 1.17 bits per heavy atom. The molecule has 0 spiro atoms. The van der Waals surface area contributed by atoms with Crippen molar-refractivity contribution in [2.45, 2.75) is 89.9 Å². The molecule has 164 valence electrons. The first-order chi connectivity index (χ1) is 13.5. The van der Waals surface area contributed by atoms with E-state index < -0.39 is 23.5 Å². The molecule has 0 aliphatic heterocycles. The summed E-state index contributed by atoms with van der Waals surface area (Å²) in [7, 11) is 0. The first-order valence-corrected chi connectivity index (χ1v) is 11.2. The van der Waals surface area contributed by atoms with Crippen LogP contribution in [0, 0.1) is 28.6 Å². The third kappa shape index (κ3) is 3.04. The van der Waals surface area contributed by atoms with Gasteiger partial charge in [-0.3, -0.25) is 4.79 Å². The summed E-state index contributed by atoms with van der Waals surface area (Å²) in [4.78, 5) is 13.1. The minimum absolute atomic E-state index is 0.0440. The molecule has 0 amide bonds. The molecule has 6 heteroatoms. The van der Waals surface area contributed by atoms with E-state index in [-0.39, 0.29) is 41.5 Å². The van der Waals surface area contributed by atoms with Crippen molar-refractivity contribution >= 4 is 5.78 Å². The molecule has 3 fully saturated rings. The molecule has 0 aromatic rings. The summed E-state index contributed by atoms with van der Waals surface area (Å²) < 4.78 is 25.4. The van der Waals surface area contributed by atoms with Gasteiger partial charge in [0, 0.05) is 17.4 Å². The number of fused-ring (bicyclic) bond motifs is 5. The standard InChI is InChI=1S/C23H35F2NO3/c1-13(26-12-20(24)25)15-6-9-23(29)17-11-19(28)18-10-14(27)4-7-21(18,2)16(17)5-8-22(15,23)3/h11,13-16,18,20,26-27,29H,4-10,12H2,1-3H3/t13?,14?,15?,16?,18?,21-,22?,23-/m1/s1. The van der Waals surface area contributed by atoms with Crippen LogP contribution in [0.2, 0.25) is 0 Å². The highest BCUT2D eigenvalue weighted by atomic mass is 19.3. The Balaban J connectivity index is 1.66. The molecule has 4 rings (SSSR count). The van der Waals surface area contributed by atoms with Crippen LogP contribution in [0.3, 0.4) is 0 Å². The summed E-state index contributed by atoms with van der Waals surface area (Å²) in [5.41, 5.74) is -0.813. The molecule has 0 heterocycles. The maximum atomic E-state index is 13.1. The van der Waals surface area contributed by atoms with Gasteiger partial charge in [-0.2, -0.15) is 0 Å². The van der Waals surface area contributed by atoms with Crippen LogP contribution in [0.5, 0.6) is 0 Å². The summed E-state index contributed by atoms with van der Waals surface area (Å²) in [6, 6.07) is -0.118. The highest BCUT2D eigenvalue weighted by molar-refractivity contribution is 5.95. The Morgan fingerprint density at radius 2 is 1.90 bits per heavy atom. The summed E-state index contributed by atoms with van der Waals surface area (Å²) in [6.07, 6.45) is 3.99. The Bertz CT molecular complexity index is 712. The molecular weight excluding hydrogens is 376 g/mol. The zero-order valence-electron chi connectivity index (χ0n) is 17.8. The highest BCUT2D eigenvalue weighted by Gasteiger charge is 2.66. The Kier molecular flexibility index (Phi) is 5.23. The topological polar surface area (TPSA) is 69.6 Å². The van der Waals surface area contributed by atoms with Gasteiger partial charge in [-0.1, -0.05) is 13.8 Å². The van der Waals surface area contributed by atoms with Crippen molar-refractivity contribution in [2.24, 2.45) is 28.6 Å². The van der Waals surface area contributed by atoms with E-state index in [1.807, 2.05) is 6.92 Å². The van der Waals surface area contributed by atoms with Crippen LogP contribution < -0.4 is 5.32 Å². The number of aliphatic hydroxyl groups is 2. The molecule has 4 aliphatic carbocycles. The Morgan fingerprint density at radius 3 is 2.59 bits per heavy atom. The summed E-state index contributed by atoms with van der Waals surface area (Å²) in [5.74, 6) is 0.111. The number of allylic oxidation sites excluding steroid dienone is 1. The lowest BCUT2D eigenvalue weighted by Gasteiger charge is -2.59. The monoisotopic (exact) mass is 411 g/mol. The van der Waals surface area contributed by atoms with Crippen LogP contribution >= 0.6 is 0 Å². The second-order valence-electron chi connectivity index (χ2n) is 10.6. The zero-order chi connectivity index (χ0) is 21.2. The fraction of sp³-hybridized carbons (Fsp3) is 0.870. The van der Waals surface area contributed by atoms with Gasteiger partial charge < -0.3 is 15.5 Å². The maximum absolute atomic E-state index is 13.1. The number of alkyl halides is 2. The number of carbonyl (C=O) groups is 1. The van der Waals surface area contributed by atoms with Crippen molar-refractivity contribution in [3.05, 3.63) is 11.6 Å². The normalized spacial score (nSPS) is 48.0. The zero-order valence-corrected chi connectivity index (χ0v) is 17.8. The maximum Gasteiger partial charge on any atom is 0.250 e. The third-order valence-electron chi connectivity index (χ3n) is 9.34. The lowest BCUT2D eigenvalue weighted by atomic mass is 9.46. The molecular formula is C23H35F2NO3. The molecule has 0 radical (unpaired) electrons. The van der Waals surface area contributed by atoms with E-state index in [4.69, 9.17) is 0 Å². The smallest absolute Gasteiger partial charge is 0.250 e. The van der Waals surface area contributed by atoms with E-state index in [9.17, 15) is 23.8 Å². The van der Waals surface area contributed by atoms with Crippen molar-refractivity contribution in [3.8, 4) is 0 Å². The molecule has 3 N–H and O–H groups in total. The first-order valence-electron chi connectivity index (χ1n) is 11.2. The van der Waals surface area contributed by atoms with Crippen LogP contribution in [0.15, 0.2) is 11.6 Å². The van der Waals surface area contributed by atoms with E-state index in [0.29, 0.717) is 19.3 Å². The number of nitrogens with one attached hydrogen (secondary N) is 1. The van der Waals surface area contributed by atoms with Crippen LogP contribution in [0.4, 0.5) is 8.78 Å². The number of ketones is 1. The van der Waals surface area contributed by atoms with Gasteiger partial charge in [-0.15, -0.1) is 0 Å². The molecule has 4 aliphatic rings. The number of halogens is 2. The van der Waals surface area contributed by atoms with Gasteiger partial charge in [0.15, 0.2) is 5.78 Å². The predicted octanol–water partition coefficient (Wildman–Crippen LogP) is 3.46. The molecule has 8 atom stereocenters. The molecule has 0 bridgehead atoms. The van der Waals surface area contributed by atoms with Gasteiger partial charge >= 0.3 is 0 Å². The minimum atomic E-state index is -2.39. The van der Waals surface area contributed by atoms with Crippen LogP contribution in [0.25, 0.3) is 0 Å². The predicted molar refractivity (Wildman–Crippen MR) is 107 cm³/mol. The van der Waals surface area contributed by atoms with E-state index in [0.717, 1.165) is 31.3 Å². The summed E-state index contributed by atoms with van der Waals surface area (Å²) >= 11 is 0. The summed E-state index contributed by atoms with van der Waals surface area (Å²) in [5, 5.41) is 25.1. The molecule has 0 aromatic carbocycles. The van der Waals surface area contributed by atoms with Gasteiger partial charge in [0.25, 0.3) is 6.43 Å². The Labute approximate surface area is 172 Å². The van der Waals surface area contributed by atoms with Crippen LogP contribution in [0.1, 0.15) is 65.7 Å². The van der Waals surface area contributed by atoms with E-state index >= 15 is 0 Å². The highest BCUT2D eigenvalue weighted by Crippen LogP contribution is 2.67. The quantitative estimate of drug-likeness (QED) is 0.663. The van der Waals surface area contributed by atoms with Gasteiger partial charge in [-0.05, 0) is 80.8 Å². The fourth-order valence-electron chi connectivity index (χ4n) is 7.58. The molecule has 6 unspecified atom stereocenters. The SMILES string of the molecule is CC(NCC(F)F)C1CC[C@@]2(O)C3=CC(=O)C4CC(O)CC[C@]4(C)C3CCC12C. The average Bonchev–Trinajstić information content (AvgIpc) is 2.93. The molecule has 29 heavy (non-hydrogen) atoms. The van der Waals surface area contributed by atoms with E-state index in [1.54, 1.807) is 6.08 Å². The number of aliphatic hydroxyl groups excluding tert-OH is 1. The van der Waals surface area contributed by atoms with Crippen LogP contribution in [-0.2, 0) is 4.79 Å². The van der Waals surface area contributed by atoms with Crippen molar-refractivity contribution in [1.29, 1.82) is 0 Å². The lowest BCUT2D eigenvalue weighted by molar-refractivity contribution is -0.140. The largest absolute Gasteiger partial charge is 0.393 e. The van der Waals surface area contributed by atoms with Crippen molar-refractivity contribution < 1.29 is 23.8 Å². The molecule has 0 saturated heterocycles. The van der Waals surface area contributed by atoms with Gasteiger partial charge in [0.1, 0.15) is 0 Å². The average molecular weight is 412 g/mol.